The zero-order valence-electron chi connectivity index (χ0n) is 56.9. The van der Waals surface area contributed by atoms with Crippen molar-refractivity contribution in [2.45, 2.75) is 301 Å². The van der Waals surface area contributed by atoms with Crippen molar-refractivity contribution < 1.29 is 3.08 Å². The third-order valence-corrected chi connectivity index (χ3v) is 36.1. The molecule has 6 aromatic rings. The number of hydrogen-bond donors (Lipinski definition) is 0. The van der Waals surface area contributed by atoms with Crippen molar-refractivity contribution in [2.75, 3.05) is 0 Å². The van der Waals surface area contributed by atoms with E-state index in [9.17, 15) is 0 Å². The molecule has 448 valence electrons. The zero-order valence-corrected chi connectivity index (χ0v) is 59.7. The summed E-state index contributed by atoms with van der Waals surface area (Å²) in [7, 11) is 0. The van der Waals surface area contributed by atoms with Crippen LogP contribution in [0.4, 0.5) is 0 Å². The first-order chi connectivity index (χ1) is 39.9. The average molecular weight is 1250 g/mol. The summed E-state index contributed by atoms with van der Waals surface area (Å²) in [4.78, 5) is 0. The van der Waals surface area contributed by atoms with E-state index in [0.717, 1.165) is 38.5 Å². The molecule has 0 amide bonds. The molecule has 0 aliphatic heterocycles. The van der Waals surface area contributed by atoms with E-state index in [0.29, 0.717) is 0 Å². The van der Waals surface area contributed by atoms with Crippen LogP contribution in [-0.2, 0) is 76.9 Å². The molecule has 0 radical (unpaired) electrons. The van der Waals surface area contributed by atoms with Gasteiger partial charge in [0.25, 0.3) is 0 Å². The van der Waals surface area contributed by atoms with Crippen LogP contribution in [-0.4, -0.2) is 19.7 Å². The van der Waals surface area contributed by atoms with Crippen LogP contribution in [0, 0.1) is 0 Å². The van der Waals surface area contributed by atoms with Crippen molar-refractivity contribution in [2.24, 2.45) is 0 Å². The van der Waals surface area contributed by atoms with Gasteiger partial charge in [-0.2, -0.15) is 0 Å². The molecule has 0 saturated heterocycles. The van der Waals surface area contributed by atoms with Gasteiger partial charge in [-0.05, 0) is 0 Å². The van der Waals surface area contributed by atoms with Gasteiger partial charge in [0.05, 0.1) is 0 Å². The Morgan fingerprint density at radius 1 is 0.244 bits per heavy atom. The third kappa shape index (κ3) is 7.04. The summed E-state index contributed by atoms with van der Waals surface area (Å²) in [5.74, 6) is 0.115. The molecule has 6 aromatic carbocycles. The molecule has 0 unspecified atom stereocenters. The van der Waals surface area contributed by atoms with Crippen molar-refractivity contribution in [3.05, 3.63) is 206 Å². The van der Waals surface area contributed by atoms with E-state index in [1.165, 1.54) is 174 Å². The Morgan fingerprint density at radius 2 is 0.442 bits per heavy atom. The van der Waals surface area contributed by atoms with Gasteiger partial charge in [0.2, 0.25) is 0 Å². The molecular weight excluding hydrogens is 1140 g/mol. The van der Waals surface area contributed by atoms with Crippen LogP contribution >= 0.6 is 0 Å². The SMILES string of the molecule is CC1(C)CCCc2cc3c(cc21)C1c2cc4c(cc2[C]3([Sn](=[O])[C]23c5cc6c(cc5C(c5cc7c(cc52)C(C)(C)CCC7(C)C)c2cc5c(cc23)C(C)(C)CCC5(C)C)CCCC6(C)C)c2cc3c(cc21)C(C)(C)CCC3(C)C)C(C)(C)CCC4(C)C. The minimum atomic E-state index is -4.94. The molecule has 86 heavy (non-hydrogen) atoms. The predicted molar refractivity (Wildman–Crippen MR) is 360 cm³/mol. The van der Waals surface area contributed by atoms with Crippen LogP contribution in [0.1, 0.15) is 361 Å². The molecule has 0 saturated carbocycles. The Bertz CT molecular complexity index is 3930. The summed E-state index contributed by atoms with van der Waals surface area (Å²) < 4.78 is 18.8. The number of fused-ring (bicyclic) bond motifs is 6. The van der Waals surface area contributed by atoms with Gasteiger partial charge < -0.3 is 0 Å². The molecular formula is C84H102OSn. The van der Waals surface area contributed by atoms with Gasteiger partial charge in [-0.15, -0.1) is 0 Å². The molecule has 0 heterocycles. The van der Waals surface area contributed by atoms with Crippen molar-refractivity contribution in [3.63, 3.8) is 0 Å². The van der Waals surface area contributed by atoms with Crippen LogP contribution in [0.3, 0.4) is 0 Å². The van der Waals surface area contributed by atoms with E-state index in [1.54, 1.807) is 11.1 Å². The van der Waals surface area contributed by atoms with Gasteiger partial charge in [-0.3, -0.25) is 0 Å². The average Bonchev–Trinajstić information content (AvgIpc) is 0.643. The van der Waals surface area contributed by atoms with Crippen LogP contribution in [0.15, 0.2) is 72.8 Å². The first-order valence-corrected chi connectivity index (χ1v) is 38.6. The molecule has 1 nitrogen and oxygen atoms in total. The fourth-order valence-electron chi connectivity index (χ4n) is 21.5. The summed E-state index contributed by atoms with van der Waals surface area (Å²) in [5.41, 5.74) is 35.6. The van der Waals surface area contributed by atoms with E-state index in [1.807, 2.05) is 0 Å². The molecule has 0 aromatic heterocycles. The molecule has 2 heteroatoms. The van der Waals surface area contributed by atoms with E-state index in [-0.39, 0.29) is 66.0 Å². The Balaban J connectivity index is 1.16. The van der Waals surface area contributed by atoms with Crippen LogP contribution in [0.2, 0.25) is 0 Å². The molecule has 4 bridgehead atoms. The molecule has 12 aliphatic rings. The first-order valence-electron chi connectivity index (χ1n) is 34.6. The second-order valence-electron chi connectivity index (χ2n) is 37.4. The van der Waals surface area contributed by atoms with Gasteiger partial charge in [-0.25, -0.2) is 0 Å². The van der Waals surface area contributed by atoms with Gasteiger partial charge in [-0.1, -0.05) is 0 Å². The number of rotatable bonds is 2. The third-order valence-electron chi connectivity index (χ3n) is 27.6. The monoisotopic (exact) mass is 1250 g/mol. The summed E-state index contributed by atoms with van der Waals surface area (Å²) in [5, 5.41) is 0. The normalized spacial score (nSPS) is 29.1. The van der Waals surface area contributed by atoms with E-state index in [4.69, 9.17) is 0 Å². The molecule has 12 aliphatic carbocycles. The Kier molecular flexibility index (Phi) is 11.2. The van der Waals surface area contributed by atoms with E-state index >= 15 is 3.08 Å². The first kappa shape index (κ1) is 57.1. The molecule has 0 fully saturated rings. The predicted octanol–water partition coefficient (Wildman–Crippen LogP) is 20.8. The van der Waals surface area contributed by atoms with E-state index in [2.05, 4.69) is 211 Å². The molecule has 18 rings (SSSR count). The topological polar surface area (TPSA) is 17.1 Å². The van der Waals surface area contributed by atoms with E-state index < -0.39 is 26.6 Å². The van der Waals surface area contributed by atoms with Crippen LogP contribution in [0.25, 0.3) is 0 Å². The molecule has 0 atom stereocenters. The maximum atomic E-state index is 20.6. The fourth-order valence-corrected chi connectivity index (χ4v) is 31.0. The fraction of sp³-hybridized carbons (Fsp3) is 0.571. The zero-order chi connectivity index (χ0) is 61.0. The molecule has 0 N–H and O–H groups in total. The minimum absolute atomic E-state index is 0.00392. The van der Waals surface area contributed by atoms with Crippen molar-refractivity contribution in [1.29, 1.82) is 0 Å². The van der Waals surface area contributed by atoms with Crippen LogP contribution < -0.4 is 0 Å². The maximum absolute atomic E-state index is 20.6. The second-order valence-corrected chi connectivity index (χ2v) is 43.5. The second kappa shape index (κ2) is 16.9. The van der Waals surface area contributed by atoms with Crippen molar-refractivity contribution in [1.82, 2.24) is 0 Å². The summed E-state index contributed by atoms with van der Waals surface area (Å²) in [6.45, 7) is 50.9. The Labute approximate surface area is 526 Å². The van der Waals surface area contributed by atoms with Gasteiger partial charge in [0.15, 0.2) is 0 Å². The molecule has 0 spiro atoms. The summed E-state index contributed by atoms with van der Waals surface area (Å²) in [6, 6.07) is 33.5. The number of aryl methyl sites for hydroxylation is 2. The summed E-state index contributed by atoms with van der Waals surface area (Å²) >= 11 is -4.94. The van der Waals surface area contributed by atoms with Crippen LogP contribution in [0.5, 0.6) is 0 Å². The Morgan fingerprint density at radius 3 is 0.733 bits per heavy atom. The quantitative estimate of drug-likeness (QED) is 0.158. The van der Waals surface area contributed by atoms with Gasteiger partial charge >= 0.3 is 530 Å². The Hall–Kier alpha value is -4.08. The number of benzene rings is 6. The number of hydrogen-bond acceptors (Lipinski definition) is 1. The van der Waals surface area contributed by atoms with Crippen molar-refractivity contribution >= 4 is 19.7 Å². The van der Waals surface area contributed by atoms with Crippen molar-refractivity contribution in [3.8, 4) is 0 Å². The van der Waals surface area contributed by atoms with Gasteiger partial charge in [0.1, 0.15) is 0 Å². The summed E-state index contributed by atoms with van der Waals surface area (Å²) in [6.07, 6.45) is 16.2. The van der Waals surface area contributed by atoms with Gasteiger partial charge in [0, 0.05) is 0 Å². The standard InChI is InChI=1S/2C42H51.O.Sn/c2*1-38(2)13-11-12-24-18-25-26(19-31(24)38)37-29-22-34-32(39(3,4)14-16-41(34,7)8)20-27(29)36(25)28-21-33-35(23-30(28)37)42(9,10)17-15-40(33,5)6;;/h18-23,37H,11-17H2,1-10H3;18-23,36H,11-17H2,1-10H3;;.